The second-order valence-corrected chi connectivity index (χ2v) is 4.61. The van der Waals surface area contributed by atoms with Gasteiger partial charge in [0.25, 0.3) is 5.91 Å². The first-order chi connectivity index (χ1) is 7.54. The van der Waals surface area contributed by atoms with Crippen LogP contribution in [0.2, 0.25) is 0 Å². The molecule has 0 radical (unpaired) electrons. The number of halogens is 1. The zero-order valence-corrected chi connectivity index (χ0v) is 10.8. The molecule has 3 nitrogen and oxygen atoms in total. The zero-order valence-electron chi connectivity index (χ0n) is 9.25. The average molecular weight is 281 g/mol. The van der Waals surface area contributed by atoms with E-state index in [1.54, 1.807) is 6.07 Å². The zero-order chi connectivity index (χ0) is 12.1. The lowest BCUT2D eigenvalue weighted by Crippen LogP contribution is -2.32. The van der Waals surface area contributed by atoms with Gasteiger partial charge >= 0.3 is 0 Å². The van der Waals surface area contributed by atoms with Crippen LogP contribution in [-0.2, 0) is 0 Å². The van der Waals surface area contributed by atoms with Crippen LogP contribution in [0.1, 0.15) is 29.3 Å². The highest BCUT2D eigenvalue weighted by molar-refractivity contribution is 9.10. The number of amides is 1. The van der Waals surface area contributed by atoms with Gasteiger partial charge in [-0.3, -0.25) is 4.79 Å². The van der Waals surface area contributed by atoms with Gasteiger partial charge in [-0.15, -0.1) is 0 Å². The van der Waals surface area contributed by atoms with Gasteiger partial charge in [-0.2, -0.15) is 5.26 Å². The SMILES string of the molecule is Cc1cc(Br)ccc1C(=O)NC(C)CC#N. The molecule has 0 aliphatic carbocycles. The molecule has 1 amide bonds. The maximum Gasteiger partial charge on any atom is 0.251 e. The van der Waals surface area contributed by atoms with Crippen molar-refractivity contribution >= 4 is 21.8 Å². The fourth-order valence-corrected chi connectivity index (χ4v) is 1.85. The van der Waals surface area contributed by atoms with Crippen LogP contribution in [0.5, 0.6) is 0 Å². The van der Waals surface area contributed by atoms with Crippen LogP contribution >= 0.6 is 15.9 Å². The molecule has 0 heterocycles. The first-order valence-electron chi connectivity index (χ1n) is 4.98. The number of benzene rings is 1. The Labute approximate surface area is 104 Å². The summed E-state index contributed by atoms with van der Waals surface area (Å²) in [7, 11) is 0. The smallest absolute Gasteiger partial charge is 0.251 e. The van der Waals surface area contributed by atoms with Crippen molar-refractivity contribution in [2.24, 2.45) is 0 Å². The summed E-state index contributed by atoms with van der Waals surface area (Å²) in [6, 6.07) is 7.40. The summed E-state index contributed by atoms with van der Waals surface area (Å²) in [5.41, 5.74) is 1.56. The van der Waals surface area contributed by atoms with Gasteiger partial charge < -0.3 is 5.32 Å². The number of nitrogens with one attached hydrogen (secondary N) is 1. The van der Waals surface area contributed by atoms with Gasteiger partial charge in [0.05, 0.1) is 12.5 Å². The Balaban J connectivity index is 2.78. The normalized spacial score (nSPS) is 11.6. The van der Waals surface area contributed by atoms with Crippen molar-refractivity contribution in [3.05, 3.63) is 33.8 Å². The first-order valence-corrected chi connectivity index (χ1v) is 5.78. The van der Waals surface area contributed by atoms with Crippen LogP contribution in [0.15, 0.2) is 22.7 Å². The highest BCUT2D eigenvalue weighted by Crippen LogP contribution is 2.15. The second-order valence-electron chi connectivity index (χ2n) is 3.70. The Morgan fingerprint density at radius 1 is 1.62 bits per heavy atom. The quantitative estimate of drug-likeness (QED) is 0.926. The fraction of sp³-hybridized carbons (Fsp3) is 0.333. The highest BCUT2D eigenvalue weighted by atomic mass is 79.9. The molecule has 0 saturated heterocycles. The molecule has 0 bridgehead atoms. The number of nitrogens with zero attached hydrogens (tertiary/aromatic N) is 1. The lowest BCUT2D eigenvalue weighted by Gasteiger charge is -2.11. The van der Waals surface area contributed by atoms with Crippen molar-refractivity contribution < 1.29 is 4.79 Å². The van der Waals surface area contributed by atoms with Crippen LogP contribution in [0.4, 0.5) is 0 Å². The summed E-state index contributed by atoms with van der Waals surface area (Å²) in [5, 5.41) is 11.3. The Morgan fingerprint density at radius 2 is 2.31 bits per heavy atom. The van der Waals surface area contributed by atoms with E-state index < -0.39 is 0 Å². The third kappa shape index (κ3) is 3.35. The number of hydrogen-bond acceptors (Lipinski definition) is 2. The number of nitriles is 1. The van der Waals surface area contributed by atoms with Gasteiger partial charge in [-0.1, -0.05) is 15.9 Å². The van der Waals surface area contributed by atoms with E-state index in [1.807, 2.05) is 32.0 Å². The van der Waals surface area contributed by atoms with E-state index in [9.17, 15) is 4.79 Å². The minimum atomic E-state index is -0.132. The number of carbonyl (C=O) groups excluding carboxylic acids is 1. The topological polar surface area (TPSA) is 52.9 Å². The molecule has 1 atom stereocenters. The van der Waals surface area contributed by atoms with Gasteiger partial charge in [-0.05, 0) is 37.6 Å². The third-order valence-corrected chi connectivity index (χ3v) is 2.70. The van der Waals surface area contributed by atoms with Gasteiger partial charge in [0.1, 0.15) is 0 Å². The number of aryl methyl sites for hydroxylation is 1. The summed E-state index contributed by atoms with van der Waals surface area (Å²) in [6.45, 7) is 3.70. The van der Waals surface area contributed by atoms with Gasteiger partial charge in [0.15, 0.2) is 0 Å². The van der Waals surface area contributed by atoms with Crippen molar-refractivity contribution in [1.82, 2.24) is 5.32 Å². The molecule has 16 heavy (non-hydrogen) atoms. The van der Waals surface area contributed by atoms with E-state index in [4.69, 9.17) is 5.26 Å². The highest BCUT2D eigenvalue weighted by Gasteiger charge is 2.11. The third-order valence-electron chi connectivity index (χ3n) is 2.21. The van der Waals surface area contributed by atoms with Crippen molar-refractivity contribution in [2.75, 3.05) is 0 Å². The average Bonchev–Trinajstić information content (AvgIpc) is 2.17. The largest absolute Gasteiger partial charge is 0.349 e. The maximum atomic E-state index is 11.8. The summed E-state index contributed by atoms with van der Waals surface area (Å²) in [4.78, 5) is 11.8. The molecule has 0 aliphatic heterocycles. The molecule has 84 valence electrons. The van der Waals surface area contributed by atoms with Crippen LogP contribution in [0.3, 0.4) is 0 Å². The predicted octanol–water partition coefficient (Wildman–Crippen LogP) is 2.79. The Bertz CT molecular complexity index is 437. The van der Waals surface area contributed by atoms with E-state index in [0.717, 1.165) is 10.0 Å². The van der Waals surface area contributed by atoms with Crippen LogP contribution in [0, 0.1) is 18.3 Å². The molecule has 0 saturated carbocycles. The predicted molar refractivity (Wildman–Crippen MR) is 66.0 cm³/mol. The minimum Gasteiger partial charge on any atom is -0.349 e. The van der Waals surface area contributed by atoms with E-state index in [0.29, 0.717) is 12.0 Å². The Morgan fingerprint density at radius 3 is 2.88 bits per heavy atom. The molecule has 1 unspecified atom stereocenters. The summed E-state index contributed by atoms with van der Waals surface area (Å²) >= 11 is 3.35. The standard InChI is InChI=1S/C12H13BrN2O/c1-8-7-10(13)3-4-11(8)12(16)15-9(2)5-6-14/h3-4,7,9H,5H2,1-2H3,(H,15,16). The Hall–Kier alpha value is -1.34. The summed E-state index contributed by atoms with van der Waals surface area (Å²) < 4.78 is 0.951. The first kappa shape index (κ1) is 12.7. The fourth-order valence-electron chi connectivity index (χ4n) is 1.37. The molecular formula is C12H13BrN2O. The molecule has 4 heteroatoms. The summed E-state index contributed by atoms with van der Waals surface area (Å²) in [6.07, 6.45) is 0.321. The van der Waals surface area contributed by atoms with Crippen molar-refractivity contribution in [2.45, 2.75) is 26.3 Å². The molecule has 1 rings (SSSR count). The maximum absolute atomic E-state index is 11.8. The lowest BCUT2D eigenvalue weighted by atomic mass is 10.1. The molecule has 1 aromatic rings. The van der Waals surface area contributed by atoms with E-state index in [-0.39, 0.29) is 11.9 Å². The Kier molecular flexibility index (Phi) is 4.51. The number of carbonyl (C=O) groups is 1. The van der Waals surface area contributed by atoms with Crippen LogP contribution < -0.4 is 5.32 Å². The van der Waals surface area contributed by atoms with Gasteiger partial charge in [0, 0.05) is 16.1 Å². The van der Waals surface area contributed by atoms with Crippen LogP contribution in [0.25, 0.3) is 0 Å². The number of hydrogen-bond donors (Lipinski definition) is 1. The molecule has 0 aromatic heterocycles. The summed E-state index contributed by atoms with van der Waals surface area (Å²) in [5.74, 6) is -0.132. The molecule has 1 N–H and O–H groups in total. The monoisotopic (exact) mass is 280 g/mol. The van der Waals surface area contributed by atoms with Gasteiger partial charge in [0.2, 0.25) is 0 Å². The van der Waals surface area contributed by atoms with Crippen molar-refractivity contribution in [3.8, 4) is 6.07 Å². The van der Waals surface area contributed by atoms with Crippen molar-refractivity contribution in [3.63, 3.8) is 0 Å². The second kappa shape index (κ2) is 5.66. The molecule has 0 fully saturated rings. The molecular weight excluding hydrogens is 268 g/mol. The van der Waals surface area contributed by atoms with E-state index in [1.165, 1.54) is 0 Å². The minimum absolute atomic E-state index is 0.124. The lowest BCUT2D eigenvalue weighted by molar-refractivity contribution is 0.0940. The van der Waals surface area contributed by atoms with E-state index >= 15 is 0 Å². The molecule has 1 aromatic carbocycles. The van der Waals surface area contributed by atoms with Crippen LogP contribution in [-0.4, -0.2) is 11.9 Å². The van der Waals surface area contributed by atoms with E-state index in [2.05, 4.69) is 21.2 Å². The molecule has 0 spiro atoms. The van der Waals surface area contributed by atoms with Crippen molar-refractivity contribution in [1.29, 1.82) is 5.26 Å². The molecule has 0 aliphatic rings. The van der Waals surface area contributed by atoms with Gasteiger partial charge in [-0.25, -0.2) is 0 Å². The number of rotatable bonds is 3.